The summed E-state index contributed by atoms with van der Waals surface area (Å²) < 4.78 is 58.1. The Morgan fingerprint density at radius 3 is 2.30 bits per heavy atom. The van der Waals surface area contributed by atoms with E-state index >= 15 is 0 Å². The molecule has 0 unspecified atom stereocenters. The number of aromatic nitrogens is 4. The van der Waals surface area contributed by atoms with Crippen LogP contribution in [0.4, 0.5) is 19.1 Å². The normalized spacial score (nSPS) is 27.2. The quantitative estimate of drug-likeness (QED) is 0.206. The molecule has 3 aromatic heterocycles. The lowest BCUT2D eigenvalue weighted by Crippen LogP contribution is -2.70. The van der Waals surface area contributed by atoms with E-state index in [1.165, 1.54) is 6.07 Å². The second-order valence-electron chi connectivity index (χ2n) is 15.7. The van der Waals surface area contributed by atoms with E-state index in [4.69, 9.17) is 9.47 Å². The summed E-state index contributed by atoms with van der Waals surface area (Å²) in [6.07, 6.45) is 5.54. The maximum absolute atomic E-state index is 14.8. The molecule has 10 rings (SSSR count). The number of carbonyl (C=O) groups excluding carboxylic acids is 1. The molecule has 278 valence electrons. The van der Waals surface area contributed by atoms with Gasteiger partial charge in [0.1, 0.15) is 17.4 Å². The highest BCUT2D eigenvalue weighted by Gasteiger charge is 2.62. The fourth-order valence-electron chi connectivity index (χ4n) is 9.99. The van der Waals surface area contributed by atoms with Gasteiger partial charge in [-0.25, -0.2) is 19.7 Å². The van der Waals surface area contributed by atoms with Gasteiger partial charge >= 0.3 is 12.1 Å². The van der Waals surface area contributed by atoms with Crippen LogP contribution in [0, 0.1) is 29.6 Å². The number of benzene rings is 1. The third-order valence-corrected chi connectivity index (χ3v) is 12.4. The molecule has 2 saturated heterocycles. The van der Waals surface area contributed by atoms with Crippen LogP contribution in [0.2, 0.25) is 0 Å². The van der Waals surface area contributed by atoms with Crippen LogP contribution >= 0.6 is 0 Å². The maximum atomic E-state index is 14.8. The fourth-order valence-corrected chi connectivity index (χ4v) is 9.99. The minimum absolute atomic E-state index is 0.0239. The summed E-state index contributed by atoms with van der Waals surface area (Å²) in [5, 5.41) is 13.9. The largest absolute Gasteiger partial charge is 0.490 e. The Morgan fingerprint density at radius 1 is 0.981 bits per heavy atom. The van der Waals surface area contributed by atoms with Gasteiger partial charge < -0.3 is 29.4 Å². The number of fused-ring (bicyclic) bond motifs is 1. The smallest absolute Gasteiger partial charge is 0.434 e. The van der Waals surface area contributed by atoms with Crippen molar-refractivity contribution in [2.75, 3.05) is 31.2 Å². The minimum Gasteiger partial charge on any atom is -0.490 e. The molecule has 53 heavy (non-hydrogen) atoms. The Kier molecular flexibility index (Phi) is 8.35. The number of carbonyl (C=O) groups is 2. The molecule has 1 aromatic carbocycles. The summed E-state index contributed by atoms with van der Waals surface area (Å²) in [6.45, 7) is 3.29. The molecule has 6 fully saturated rings. The highest BCUT2D eigenvalue weighted by atomic mass is 19.4. The van der Waals surface area contributed by atoms with Crippen LogP contribution in [-0.2, 0) is 22.3 Å². The zero-order valence-electron chi connectivity index (χ0n) is 29.1. The third kappa shape index (κ3) is 6.08. The van der Waals surface area contributed by atoms with Gasteiger partial charge in [0, 0.05) is 74.0 Å². The molecular weight excluding hydrogens is 689 g/mol. The van der Waals surface area contributed by atoms with Gasteiger partial charge in [-0.05, 0) is 86.1 Å². The highest BCUT2D eigenvalue weighted by Crippen LogP contribution is 2.58. The Bertz CT molecular complexity index is 2010. The SMILES string of the molecule is O=C(NC1(C(=O)O)C2CC3CC(C2)CC1C3)c1ccc(-c2cn(CC3COC3)c3cc(OC4CCN(c5ncccn5)CC4)ccc23)nc1C(F)(F)F. The van der Waals surface area contributed by atoms with Crippen LogP contribution in [0.3, 0.4) is 0 Å². The van der Waals surface area contributed by atoms with E-state index in [0.29, 0.717) is 79.9 Å². The summed E-state index contributed by atoms with van der Waals surface area (Å²) >= 11 is 0. The number of hydrogen-bond donors (Lipinski definition) is 2. The van der Waals surface area contributed by atoms with Crippen molar-refractivity contribution in [2.45, 2.75) is 69.3 Å². The molecule has 0 atom stereocenters. The third-order valence-electron chi connectivity index (χ3n) is 12.4. The number of piperidine rings is 1. The van der Waals surface area contributed by atoms with Gasteiger partial charge in [0.05, 0.1) is 30.0 Å². The first-order valence-corrected chi connectivity index (χ1v) is 18.6. The Hall–Kier alpha value is -4.72. The number of carboxylic acid groups (broad SMARTS) is 1. The van der Waals surface area contributed by atoms with Crippen molar-refractivity contribution in [1.29, 1.82) is 0 Å². The predicted octanol–water partition coefficient (Wildman–Crippen LogP) is 6.22. The molecule has 5 heterocycles. The molecule has 4 saturated carbocycles. The average molecular weight is 731 g/mol. The number of nitrogens with zero attached hydrogens (tertiary/aromatic N) is 5. The zero-order chi connectivity index (χ0) is 36.5. The number of rotatable bonds is 9. The highest BCUT2D eigenvalue weighted by molar-refractivity contribution is 6.00. The molecule has 6 aliphatic rings. The van der Waals surface area contributed by atoms with Gasteiger partial charge in [-0.1, -0.05) is 0 Å². The first-order valence-electron chi connectivity index (χ1n) is 18.6. The molecule has 11 nitrogen and oxygen atoms in total. The van der Waals surface area contributed by atoms with E-state index in [1.54, 1.807) is 24.7 Å². The molecule has 4 aliphatic carbocycles. The number of aliphatic carboxylic acids is 1. The second-order valence-corrected chi connectivity index (χ2v) is 15.7. The van der Waals surface area contributed by atoms with Crippen LogP contribution in [0.25, 0.3) is 22.2 Å². The van der Waals surface area contributed by atoms with Crippen molar-refractivity contribution in [3.05, 3.63) is 66.2 Å². The lowest BCUT2D eigenvalue weighted by atomic mass is 9.48. The standard InChI is InChI=1S/C39H41F3N6O5/c40-39(41,42)34-30(35(49)46-38(36(50)51)25-13-22-12-23(15-25)16-26(38)14-22)4-5-32(45-34)31-19-48(18-24-20-52-21-24)33-17-28(2-3-29(31)33)53-27-6-10-47(11-7-27)37-43-8-1-9-44-37/h1-5,8-9,17,19,22-27H,6-7,10-16,18,20-21H2,(H,46,49)(H,50,51). The van der Waals surface area contributed by atoms with Crippen molar-refractivity contribution in [3.8, 4) is 17.0 Å². The predicted molar refractivity (Wildman–Crippen MR) is 187 cm³/mol. The topological polar surface area (TPSA) is 132 Å². The van der Waals surface area contributed by atoms with Gasteiger partial charge in [-0.15, -0.1) is 0 Å². The van der Waals surface area contributed by atoms with E-state index in [-0.39, 0.29) is 29.6 Å². The Labute approximate surface area is 303 Å². The van der Waals surface area contributed by atoms with Crippen LogP contribution in [0.5, 0.6) is 5.75 Å². The summed E-state index contributed by atoms with van der Waals surface area (Å²) in [7, 11) is 0. The number of anilines is 1. The van der Waals surface area contributed by atoms with Crippen molar-refractivity contribution in [2.24, 2.45) is 29.6 Å². The van der Waals surface area contributed by atoms with Gasteiger partial charge in [-0.2, -0.15) is 13.2 Å². The van der Waals surface area contributed by atoms with Crippen LogP contribution in [0.1, 0.15) is 61.0 Å². The van der Waals surface area contributed by atoms with Crippen LogP contribution < -0.4 is 15.0 Å². The molecule has 1 amide bonds. The number of halogens is 3. The van der Waals surface area contributed by atoms with Crippen molar-refractivity contribution < 1.29 is 37.3 Å². The van der Waals surface area contributed by atoms with Crippen molar-refractivity contribution in [3.63, 3.8) is 0 Å². The lowest BCUT2D eigenvalue weighted by molar-refractivity contribution is -0.163. The monoisotopic (exact) mass is 730 g/mol. The molecule has 0 spiro atoms. The van der Waals surface area contributed by atoms with Gasteiger partial charge in [0.25, 0.3) is 5.91 Å². The van der Waals surface area contributed by atoms with E-state index in [9.17, 15) is 27.9 Å². The van der Waals surface area contributed by atoms with Gasteiger partial charge in [0.15, 0.2) is 5.69 Å². The van der Waals surface area contributed by atoms with Crippen molar-refractivity contribution in [1.82, 2.24) is 24.8 Å². The van der Waals surface area contributed by atoms with E-state index in [2.05, 4.69) is 25.2 Å². The fraction of sp³-hybridized carbons (Fsp3) is 0.513. The zero-order valence-corrected chi connectivity index (χ0v) is 29.1. The number of hydrogen-bond acceptors (Lipinski definition) is 8. The Balaban J connectivity index is 1.01. The maximum Gasteiger partial charge on any atom is 0.434 e. The molecule has 0 radical (unpaired) electrons. The molecule has 2 aliphatic heterocycles. The van der Waals surface area contributed by atoms with Crippen LogP contribution in [-0.4, -0.2) is 74.4 Å². The van der Waals surface area contributed by atoms with Crippen molar-refractivity contribution >= 4 is 28.7 Å². The van der Waals surface area contributed by atoms with Gasteiger partial charge in [0.2, 0.25) is 5.95 Å². The lowest BCUT2D eigenvalue weighted by Gasteiger charge is -2.59. The number of carboxylic acids is 1. The summed E-state index contributed by atoms with van der Waals surface area (Å²) in [5.41, 5.74) is -2.25. The Morgan fingerprint density at radius 2 is 1.68 bits per heavy atom. The number of amides is 1. The number of ether oxygens (including phenoxy) is 2. The number of pyridine rings is 1. The number of alkyl halides is 3. The van der Waals surface area contributed by atoms with Crippen LogP contribution in [0.15, 0.2) is 55.0 Å². The van der Waals surface area contributed by atoms with E-state index in [0.717, 1.165) is 43.9 Å². The second kappa shape index (κ2) is 13.0. The minimum atomic E-state index is -4.96. The first-order chi connectivity index (χ1) is 25.5. The summed E-state index contributed by atoms with van der Waals surface area (Å²) in [4.78, 5) is 41.6. The van der Waals surface area contributed by atoms with E-state index < -0.39 is 34.8 Å². The number of nitrogens with one attached hydrogen (secondary N) is 1. The molecular formula is C39H41F3N6O5. The first kappa shape index (κ1) is 34.1. The summed E-state index contributed by atoms with van der Waals surface area (Å²) in [6, 6.07) is 9.95. The summed E-state index contributed by atoms with van der Waals surface area (Å²) in [5.74, 6) is -0.409. The van der Waals surface area contributed by atoms with Gasteiger partial charge in [-0.3, -0.25) is 4.79 Å². The van der Waals surface area contributed by atoms with E-state index in [1.807, 2.05) is 22.8 Å². The molecule has 2 N–H and O–H groups in total. The average Bonchev–Trinajstić information content (AvgIpc) is 3.48. The molecule has 4 bridgehead atoms. The molecule has 4 aromatic rings. The molecule has 14 heteroatoms.